The van der Waals surface area contributed by atoms with E-state index in [-0.39, 0.29) is 60.6 Å². The molecule has 180 valence electrons. The predicted octanol–water partition coefficient (Wildman–Crippen LogP) is 3.55. The monoisotopic (exact) mass is 476 g/mol. The second kappa shape index (κ2) is 8.37. The highest BCUT2D eigenvalue weighted by atomic mass is 19.1. The predicted molar refractivity (Wildman–Crippen MR) is 115 cm³/mol. The van der Waals surface area contributed by atoms with Gasteiger partial charge in [-0.25, -0.2) is 17.6 Å². The van der Waals surface area contributed by atoms with Gasteiger partial charge < -0.3 is 15.0 Å². The van der Waals surface area contributed by atoms with E-state index >= 15 is 4.39 Å². The molecule has 2 aromatic rings. The van der Waals surface area contributed by atoms with Crippen LogP contribution in [0.25, 0.3) is 11.1 Å². The van der Waals surface area contributed by atoms with E-state index in [0.29, 0.717) is 12.5 Å². The number of amides is 2. The van der Waals surface area contributed by atoms with E-state index in [0.717, 1.165) is 12.1 Å². The first kappa shape index (κ1) is 22.8. The molecule has 0 bridgehead atoms. The Morgan fingerprint density at radius 3 is 2.56 bits per heavy atom. The van der Waals surface area contributed by atoms with Crippen molar-refractivity contribution in [3.05, 3.63) is 59.4 Å². The minimum Gasteiger partial charge on any atom is -0.369 e. The summed E-state index contributed by atoms with van der Waals surface area (Å²) in [5.74, 6) is -3.75. The van der Waals surface area contributed by atoms with Crippen LogP contribution in [0.15, 0.2) is 36.4 Å². The third-order valence-electron chi connectivity index (χ3n) is 7.04. The molecule has 0 radical (unpaired) electrons. The number of rotatable bonds is 4. The van der Waals surface area contributed by atoms with Gasteiger partial charge in [0.05, 0.1) is 24.1 Å². The van der Waals surface area contributed by atoms with E-state index in [9.17, 15) is 22.8 Å². The van der Waals surface area contributed by atoms with Gasteiger partial charge in [-0.2, -0.15) is 0 Å². The molecule has 2 heterocycles. The van der Waals surface area contributed by atoms with Crippen molar-refractivity contribution in [1.29, 1.82) is 0 Å². The van der Waals surface area contributed by atoms with Crippen LogP contribution in [0.5, 0.6) is 0 Å². The van der Waals surface area contributed by atoms with E-state index in [1.165, 1.54) is 12.1 Å². The Balaban J connectivity index is 1.53. The van der Waals surface area contributed by atoms with Crippen molar-refractivity contribution >= 4 is 11.8 Å². The van der Waals surface area contributed by atoms with Crippen molar-refractivity contribution in [2.24, 2.45) is 5.92 Å². The molecule has 2 aliphatic heterocycles. The van der Waals surface area contributed by atoms with Crippen LogP contribution in [0, 0.1) is 23.4 Å². The summed E-state index contributed by atoms with van der Waals surface area (Å²) in [4.78, 5) is 26.9. The summed E-state index contributed by atoms with van der Waals surface area (Å²) in [6.45, 7) is 1.84. The molecule has 0 aromatic heterocycles. The van der Waals surface area contributed by atoms with Crippen molar-refractivity contribution in [3.63, 3.8) is 0 Å². The van der Waals surface area contributed by atoms with Crippen LogP contribution in [0.1, 0.15) is 25.3 Å². The molecule has 3 fully saturated rings. The van der Waals surface area contributed by atoms with Crippen LogP contribution >= 0.6 is 0 Å². The van der Waals surface area contributed by atoms with Crippen LogP contribution in [0.2, 0.25) is 0 Å². The van der Waals surface area contributed by atoms with Gasteiger partial charge in [-0.1, -0.05) is 18.2 Å². The number of likely N-dealkylation sites (tertiary alicyclic amines) is 1. The second-order valence-electron chi connectivity index (χ2n) is 9.51. The fourth-order valence-electron chi connectivity index (χ4n) is 5.45. The number of hydrogen-bond acceptors (Lipinski definition) is 3. The zero-order valence-corrected chi connectivity index (χ0v) is 18.5. The SMILES string of the molecule is C[C@@H]1C[C@@]2(COCC(=O)N2)[C@H](Cc2cccc(-c3cc(F)cc(F)c3)c2F)N1C(=O)[C@@H]1CC1F. The van der Waals surface area contributed by atoms with Crippen molar-refractivity contribution in [1.82, 2.24) is 10.2 Å². The normalized spacial score (nSPS) is 30.5. The van der Waals surface area contributed by atoms with Gasteiger partial charge in [0.1, 0.15) is 30.2 Å². The zero-order valence-electron chi connectivity index (χ0n) is 18.5. The number of nitrogens with one attached hydrogen (secondary N) is 1. The summed E-state index contributed by atoms with van der Waals surface area (Å²) in [5, 5.41) is 2.96. The summed E-state index contributed by atoms with van der Waals surface area (Å²) in [7, 11) is 0. The van der Waals surface area contributed by atoms with Crippen molar-refractivity contribution in [2.75, 3.05) is 13.2 Å². The van der Waals surface area contributed by atoms with Gasteiger partial charge in [-0.3, -0.25) is 9.59 Å². The number of carbonyl (C=O) groups excluding carboxylic acids is 2. The molecule has 2 aromatic carbocycles. The zero-order chi connectivity index (χ0) is 24.2. The second-order valence-corrected chi connectivity index (χ2v) is 9.51. The van der Waals surface area contributed by atoms with Gasteiger partial charge in [0.2, 0.25) is 11.8 Å². The lowest BCUT2D eigenvalue weighted by Crippen LogP contribution is -2.64. The van der Waals surface area contributed by atoms with Gasteiger partial charge in [-0.15, -0.1) is 0 Å². The Hall–Kier alpha value is -2.94. The topological polar surface area (TPSA) is 58.6 Å². The first-order chi connectivity index (χ1) is 16.2. The molecule has 1 saturated carbocycles. The number of ether oxygens (including phenoxy) is 1. The van der Waals surface area contributed by atoms with Crippen LogP contribution in [0.3, 0.4) is 0 Å². The van der Waals surface area contributed by atoms with Crippen LogP contribution < -0.4 is 5.32 Å². The van der Waals surface area contributed by atoms with Crippen molar-refractivity contribution in [3.8, 4) is 11.1 Å². The fraction of sp³-hybridized carbons (Fsp3) is 0.440. The fourth-order valence-corrected chi connectivity index (χ4v) is 5.45. The first-order valence-electron chi connectivity index (χ1n) is 11.3. The molecule has 2 saturated heterocycles. The summed E-state index contributed by atoms with van der Waals surface area (Å²) in [6, 6.07) is 6.33. The van der Waals surface area contributed by atoms with E-state index < -0.39 is 41.1 Å². The highest BCUT2D eigenvalue weighted by molar-refractivity contribution is 5.84. The third-order valence-corrected chi connectivity index (χ3v) is 7.04. The Labute approximate surface area is 194 Å². The molecular weight excluding hydrogens is 452 g/mol. The maximum atomic E-state index is 15.6. The lowest BCUT2D eigenvalue weighted by molar-refractivity contribution is -0.141. The van der Waals surface area contributed by atoms with Crippen molar-refractivity contribution in [2.45, 2.75) is 50.0 Å². The average Bonchev–Trinajstić information content (AvgIpc) is 3.44. The molecule has 1 unspecified atom stereocenters. The molecule has 1 aliphatic carbocycles. The van der Waals surface area contributed by atoms with E-state index in [2.05, 4.69) is 5.32 Å². The molecule has 1 N–H and O–H groups in total. The Kier molecular flexibility index (Phi) is 5.62. The Morgan fingerprint density at radius 2 is 1.91 bits per heavy atom. The minimum absolute atomic E-state index is 0.0147. The van der Waals surface area contributed by atoms with Gasteiger partial charge in [0, 0.05) is 17.7 Å². The number of benzene rings is 2. The molecule has 1 spiro atoms. The lowest BCUT2D eigenvalue weighted by atomic mass is 9.84. The molecule has 3 aliphatic rings. The largest absolute Gasteiger partial charge is 0.369 e. The van der Waals surface area contributed by atoms with Crippen LogP contribution in [0.4, 0.5) is 17.6 Å². The number of carbonyl (C=O) groups is 2. The van der Waals surface area contributed by atoms with Gasteiger partial charge in [0.15, 0.2) is 0 Å². The number of hydrogen-bond donors (Lipinski definition) is 1. The maximum Gasteiger partial charge on any atom is 0.246 e. The Bertz CT molecular complexity index is 1140. The highest BCUT2D eigenvalue weighted by Crippen LogP contribution is 2.43. The quantitative estimate of drug-likeness (QED) is 0.687. The standard InChI is InChI=1S/C25H24F4N2O3/c1-13-10-25(12-34-11-22(32)30-25)21(31(13)24(33)19-9-20(19)28)7-14-3-2-4-18(23(14)29)15-5-16(26)8-17(27)6-15/h2-6,8,13,19-21H,7,9-12H2,1H3,(H,30,32)/t13-,19-,20?,21+,25-/m1/s1. The van der Waals surface area contributed by atoms with E-state index in [1.807, 2.05) is 6.92 Å². The maximum absolute atomic E-state index is 15.6. The van der Waals surface area contributed by atoms with Crippen LogP contribution in [-0.2, 0) is 20.7 Å². The number of halogens is 4. The molecule has 9 heteroatoms. The smallest absolute Gasteiger partial charge is 0.246 e. The van der Waals surface area contributed by atoms with Gasteiger partial charge >= 0.3 is 0 Å². The molecular formula is C25H24F4N2O3. The lowest BCUT2D eigenvalue weighted by Gasteiger charge is -2.41. The summed E-state index contributed by atoms with van der Waals surface area (Å²) >= 11 is 0. The van der Waals surface area contributed by atoms with Crippen LogP contribution in [-0.4, -0.2) is 53.7 Å². The summed E-state index contributed by atoms with van der Waals surface area (Å²) in [6.07, 6.45) is -0.646. The molecule has 5 atom stereocenters. The molecule has 2 amide bonds. The number of alkyl halides is 1. The highest BCUT2D eigenvalue weighted by Gasteiger charge is 2.58. The van der Waals surface area contributed by atoms with E-state index in [4.69, 9.17) is 4.74 Å². The number of nitrogens with zero attached hydrogens (tertiary/aromatic N) is 1. The molecule has 5 rings (SSSR count). The summed E-state index contributed by atoms with van der Waals surface area (Å²) < 4.78 is 62.4. The average molecular weight is 476 g/mol. The first-order valence-corrected chi connectivity index (χ1v) is 11.3. The third kappa shape index (κ3) is 3.96. The van der Waals surface area contributed by atoms with Gasteiger partial charge in [0.25, 0.3) is 0 Å². The van der Waals surface area contributed by atoms with Crippen molar-refractivity contribution < 1.29 is 31.9 Å². The van der Waals surface area contributed by atoms with Gasteiger partial charge in [-0.05, 0) is 49.4 Å². The number of morpholine rings is 1. The summed E-state index contributed by atoms with van der Waals surface area (Å²) in [5.41, 5.74) is -0.667. The van der Waals surface area contributed by atoms with E-state index in [1.54, 1.807) is 11.0 Å². The Morgan fingerprint density at radius 1 is 1.21 bits per heavy atom. The molecule has 5 nitrogen and oxygen atoms in total. The molecule has 34 heavy (non-hydrogen) atoms. The minimum atomic E-state index is -1.20.